The molecule has 82 valence electrons. The second kappa shape index (κ2) is 4.59. The third-order valence-corrected chi connectivity index (χ3v) is 1.92. The third kappa shape index (κ3) is 2.46. The second-order valence-corrected chi connectivity index (χ2v) is 3.09. The quantitative estimate of drug-likeness (QED) is 0.614. The van der Waals surface area contributed by atoms with Crippen LogP contribution in [0.15, 0.2) is 42.6 Å². The molecule has 0 atom stereocenters. The van der Waals surface area contributed by atoms with Gasteiger partial charge in [0.25, 0.3) is 0 Å². The molecule has 4 nitrogen and oxygen atoms in total. The van der Waals surface area contributed by atoms with E-state index < -0.39 is 0 Å². The lowest BCUT2D eigenvalue weighted by molar-refractivity contribution is 0.458. The van der Waals surface area contributed by atoms with Gasteiger partial charge < -0.3 is 10.2 Å². The Balaban J connectivity index is 2.14. The highest BCUT2D eigenvalue weighted by Crippen LogP contribution is 2.20. The lowest BCUT2D eigenvalue weighted by atomic mass is 10.3. The molecule has 5 heteroatoms. The number of aromatic nitrogens is 1. The number of hydrogen-bond acceptors (Lipinski definition) is 4. The molecule has 2 rings (SSSR count). The van der Waals surface area contributed by atoms with Gasteiger partial charge >= 0.3 is 0 Å². The molecule has 0 saturated heterocycles. The van der Waals surface area contributed by atoms with Crippen LogP contribution in [0.5, 0.6) is 11.6 Å². The average Bonchev–Trinajstić information content (AvgIpc) is 2.30. The number of halogens is 1. The maximum atomic E-state index is 12.9. The smallest absolute Gasteiger partial charge is 0.219 e. The lowest BCUT2D eigenvalue weighted by Gasteiger charge is -2.05. The van der Waals surface area contributed by atoms with Gasteiger partial charge in [-0.3, -0.25) is 5.84 Å². The van der Waals surface area contributed by atoms with E-state index >= 15 is 0 Å². The molecule has 0 saturated carbocycles. The van der Waals surface area contributed by atoms with Crippen molar-refractivity contribution >= 4 is 5.69 Å². The van der Waals surface area contributed by atoms with Crippen LogP contribution in [0.3, 0.4) is 0 Å². The summed E-state index contributed by atoms with van der Waals surface area (Å²) in [4.78, 5) is 3.99. The highest BCUT2D eigenvalue weighted by molar-refractivity contribution is 5.41. The van der Waals surface area contributed by atoms with E-state index in [2.05, 4.69) is 10.4 Å². The average molecular weight is 219 g/mol. The first-order valence-electron chi connectivity index (χ1n) is 4.64. The molecule has 0 bridgehead atoms. The molecule has 0 unspecified atom stereocenters. The number of rotatable bonds is 3. The van der Waals surface area contributed by atoms with Crippen molar-refractivity contribution < 1.29 is 9.13 Å². The highest BCUT2D eigenvalue weighted by atomic mass is 19.1. The minimum atomic E-state index is -0.349. The molecule has 1 aromatic heterocycles. The van der Waals surface area contributed by atoms with Crippen molar-refractivity contribution in [1.82, 2.24) is 4.98 Å². The Bertz CT molecular complexity index is 473. The van der Waals surface area contributed by atoms with E-state index in [0.717, 1.165) is 0 Å². The maximum absolute atomic E-state index is 12.9. The van der Waals surface area contributed by atoms with Crippen LogP contribution in [0.4, 0.5) is 10.1 Å². The molecule has 0 spiro atoms. The van der Waals surface area contributed by atoms with E-state index in [1.165, 1.54) is 18.3 Å². The topological polar surface area (TPSA) is 60.2 Å². The van der Waals surface area contributed by atoms with Crippen molar-refractivity contribution in [2.24, 2.45) is 5.84 Å². The summed E-state index contributed by atoms with van der Waals surface area (Å²) in [5.74, 6) is 5.63. The number of hydrazine groups is 1. The minimum absolute atomic E-state index is 0.349. The van der Waals surface area contributed by atoms with E-state index in [-0.39, 0.29) is 5.82 Å². The number of benzene rings is 1. The normalized spacial score (nSPS) is 9.88. The summed E-state index contributed by atoms with van der Waals surface area (Å²) in [5, 5.41) is 0. The van der Waals surface area contributed by atoms with Crippen molar-refractivity contribution in [2.45, 2.75) is 0 Å². The Morgan fingerprint density at radius 3 is 2.75 bits per heavy atom. The third-order valence-electron chi connectivity index (χ3n) is 1.92. The van der Waals surface area contributed by atoms with Gasteiger partial charge in [0, 0.05) is 12.1 Å². The molecule has 0 aliphatic carbocycles. The van der Waals surface area contributed by atoms with Crippen LogP contribution in [0.25, 0.3) is 0 Å². The molecule has 1 aromatic carbocycles. The first-order chi connectivity index (χ1) is 7.78. The van der Waals surface area contributed by atoms with Gasteiger partial charge in [0.05, 0.1) is 11.9 Å². The van der Waals surface area contributed by atoms with E-state index in [4.69, 9.17) is 10.6 Å². The summed E-state index contributed by atoms with van der Waals surface area (Å²) in [6, 6.07) is 9.21. The highest BCUT2D eigenvalue weighted by Gasteiger charge is 1.99. The number of nitrogens with one attached hydrogen (secondary N) is 1. The number of anilines is 1. The van der Waals surface area contributed by atoms with Gasteiger partial charge in [-0.2, -0.15) is 0 Å². The first-order valence-corrected chi connectivity index (χ1v) is 4.64. The molecular formula is C11H10FN3O. The fourth-order valence-electron chi connectivity index (χ4n) is 1.18. The van der Waals surface area contributed by atoms with Gasteiger partial charge in [-0.05, 0) is 18.2 Å². The molecule has 0 fully saturated rings. The van der Waals surface area contributed by atoms with Gasteiger partial charge in [0.1, 0.15) is 11.6 Å². The van der Waals surface area contributed by atoms with Gasteiger partial charge in [0.2, 0.25) is 5.88 Å². The molecule has 0 aliphatic rings. The fourth-order valence-corrected chi connectivity index (χ4v) is 1.18. The van der Waals surface area contributed by atoms with Crippen LogP contribution in [0, 0.1) is 5.82 Å². The molecule has 0 amide bonds. The summed E-state index contributed by atoms with van der Waals surface area (Å²) in [6.07, 6.45) is 1.52. The zero-order chi connectivity index (χ0) is 11.4. The molecule has 0 radical (unpaired) electrons. The van der Waals surface area contributed by atoms with Crippen molar-refractivity contribution in [3.63, 3.8) is 0 Å². The Morgan fingerprint density at radius 1 is 1.25 bits per heavy atom. The maximum Gasteiger partial charge on any atom is 0.219 e. The summed E-state index contributed by atoms with van der Waals surface area (Å²) in [5.41, 5.74) is 3.12. The predicted molar refractivity (Wildman–Crippen MR) is 58.5 cm³/mol. The standard InChI is InChI=1S/C11H10FN3O/c12-8-2-1-3-10(6-8)16-11-5-4-9(15-13)7-14-11/h1-7,15H,13H2. The van der Waals surface area contributed by atoms with Crippen molar-refractivity contribution in [3.8, 4) is 11.6 Å². The zero-order valence-corrected chi connectivity index (χ0v) is 8.35. The second-order valence-electron chi connectivity index (χ2n) is 3.09. The van der Waals surface area contributed by atoms with E-state index in [1.807, 2.05) is 0 Å². The van der Waals surface area contributed by atoms with Crippen LogP contribution in [0.2, 0.25) is 0 Å². The molecule has 0 aliphatic heterocycles. The SMILES string of the molecule is NNc1ccc(Oc2cccc(F)c2)nc1. The molecule has 2 aromatic rings. The number of hydrogen-bond donors (Lipinski definition) is 2. The van der Waals surface area contributed by atoms with Crippen LogP contribution < -0.4 is 16.0 Å². The van der Waals surface area contributed by atoms with Gasteiger partial charge in [-0.15, -0.1) is 0 Å². The number of nitrogen functional groups attached to an aromatic ring is 1. The fraction of sp³-hybridized carbons (Fsp3) is 0. The number of nitrogens with zero attached hydrogens (tertiary/aromatic N) is 1. The molecule has 1 heterocycles. The largest absolute Gasteiger partial charge is 0.439 e. The number of nitrogens with two attached hydrogens (primary N) is 1. The predicted octanol–water partition coefficient (Wildman–Crippen LogP) is 2.30. The summed E-state index contributed by atoms with van der Waals surface area (Å²) in [6.45, 7) is 0. The lowest BCUT2D eigenvalue weighted by Crippen LogP contribution is -2.06. The van der Waals surface area contributed by atoms with Crippen LogP contribution in [0.1, 0.15) is 0 Å². The van der Waals surface area contributed by atoms with Gasteiger partial charge in [-0.25, -0.2) is 9.37 Å². The number of pyridine rings is 1. The first kappa shape index (κ1) is 10.4. The zero-order valence-electron chi connectivity index (χ0n) is 8.35. The van der Waals surface area contributed by atoms with Gasteiger partial charge in [0.15, 0.2) is 0 Å². The van der Waals surface area contributed by atoms with E-state index in [1.54, 1.807) is 24.3 Å². The van der Waals surface area contributed by atoms with Crippen LogP contribution in [-0.4, -0.2) is 4.98 Å². The van der Waals surface area contributed by atoms with E-state index in [9.17, 15) is 4.39 Å². The van der Waals surface area contributed by atoms with E-state index in [0.29, 0.717) is 17.3 Å². The summed E-state index contributed by atoms with van der Waals surface area (Å²) >= 11 is 0. The molecule has 3 N–H and O–H groups in total. The monoisotopic (exact) mass is 219 g/mol. The summed E-state index contributed by atoms with van der Waals surface area (Å²) < 4.78 is 18.2. The Kier molecular flexibility index (Phi) is 2.98. The van der Waals surface area contributed by atoms with Crippen LogP contribution >= 0.6 is 0 Å². The van der Waals surface area contributed by atoms with Crippen molar-refractivity contribution in [2.75, 3.05) is 5.43 Å². The molecular weight excluding hydrogens is 209 g/mol. The van der Waals surface area contributed by atoms with Crippen molar-refractivity contribution in [3.05, 3.63) is 48.4 Å². The van der Waals surface area contributed by atoms with Gasteiger partial charge in [-0.1, -0.05) is 6.07 Å². The minimum Gasteiger partial charge on any atom is -0.439 e. The van der Waals surface area contributed by atoms with Crippen LogP contribution in [-0.2, 0) is 0 Å². The summed E-state index contributed by atoms with van der Waals surface area (Å²) in [7, 11) is 0. The molecule has 16 heavy (non-hydrogen) atoms. The Morgan fingerprint density at radius 2 is 2.12 bits per heavy atom. The number of ether oxygens (including phenoxy) is 1. The Hall–Kier alpha value is -2.14. The Labute approximate surface area is 91.8 Å². The van der Waals surface area contributed by atoms with Crippen molar-refractivity contribution in [1.29, 1.82) is 0 Å².